The zero-order valence-corrected chi connectivity index (χ0v) is 16.2. The highest BCUT2D eigenvalue weighted by molar-refractivity contribution is 7.14. The minimum Gasteiger partial charge on any atom is -0.497 e. The number of thiazole rings is 1. The molecule has 28 heavy (non-hydrogen) atoms. The molecule has 0 aliphatic rings. The average molecular weight is 403 g/mol. The predicted molar refractivity (Wildman–Crippen MR) is 101 cm³/mol. The number of methoxy groups -OCH3 is 3. The second-order valence-electron chi connectivity index (χ2n) is 5.49. The van der Waals surface area contributed by atoms with E-state index >= 15 is 0 Å². The van der Waals surface area contributed by atoms with Crippen LogP contribution >= 0.6 is 11.3 Å². The van der Waals surface area contributed by atoms with E-state index in [9.17, 15) is 9.59 Å². The average Bonchev–Trinajstić information content (AvgIpc) is 3.37. The lowest BCUT2D eigenvalue weighted by molar-refractivity contribution is -0.139. The Morgan fingerprint density at radius 1 is 1.18 bits per heavy atom. The minimum absolute atomic E-state index is 0.0343. The van der Waals surface area contributed by atoms with Crippen LogP contribution in [0.15, 0.2) is 34.2 Å². The molecule has 0 bridgehead atoms. The first-order chi connectivity index (χ1) is 13.5. The van der Waals surface area contributed by atoms with Gasteiger partial charge in [0, 0.05) is 11.4 Å². The van der Waals surface area contributed by atoms with Gasteiger partial charge < -0.3 is 18.7 Å². The van der Waals surface area contributed by atoms with Crippen LogP contribution in [-0.4, -0.2) is 43.3 Å². The molecule has 0 saturated carbocycles. The fourth-order valence-corrected chi connectivity index (χ4v) is 3.05. The number of carbonyl (C=O) groups is 2. The van der Waals surface area contributed by atoms with Crippen molar-refractivity contribution < 1.29 is 28.3 Å². The second-order valence-corrected chi connectivity index (χ2v) is 6.35. The standard InChI is InChI=1S/C18H17N3O6S/c1-24-11-4-5-14(25-2)12(7-11)15-8-13(21-27-15)17(23)20-18-19-10(9-28-18)6-16(22)26-3/h4-5,7-9H,6H2,1-3H3,(H,19,20,23). The molecule has 10 heteroatoms. The number of rotatable bonds is 7. The van der Waals surface area contributed by atoms with Crippen LogP contribution in [0.4, 0.5) is 5.13 Å². The van der Waals surface area contributed by atoms with E-state index in [0.29, 0.717) is 33.6 Å². The number of amides is 1. The maximum absolute atomic E-state index is 12.4. The Balaban J connectivity index is 1.75. The highest BCUT2D eigenvalue weighted by Gasteiger charge is 2.18. The van der Waals surface area contributed by atoms with Crippen LogP contribution in [0.5, 0.6) is 11.5 Å². The van der Waals surface area contributed by atoms with Crippen molar-refractivity contribution in [3.63, 3.8) is 0 Å². The van der Waals surface area contributed by atoms with Crippen molar-refractivity contribution >= 4 is 28.3 Å². The van der Waals surface area contributed by atoms with E-state index in [1.165, 1.54) is 31.6 Å². The lowest BCUT2D eigenvalue weighted by atomic mass is 10.1. The van der Waals surface area contributed by atoms with E-state index in [2.05, 4.69) is 20.2 Å². The van der Waals surface area contributed by atoms with E-state index in [-0.39, 0.29) is 12.1 Å². The van der Waals surface area contributed by atoms with Crippen LogP contribution in [0.3, 0.4) is 0 Å². The van der Waals surface area contributed by atoms with Gasteiger partial charge in [-0.3, -0.25) is 14.9 Å². The highest BCUT2D eigenvalue weighted by Crippen LogP contribution is 2.33. The molecule has 0 aliphatic heterocycles. The minimum atomic E-state index is -0.490. The number of benzene rings is 1. The van der Waals surface area contributed by atoms with E-state index in [4.69, 9.17) is 14.0 Å². The molecule has 3 rings (SSSR count). The molecule has 2 aromatic heterocycles. The summed E-state index contributed by atoms with van der Waals surface area (Å²) in [7, 11) is 4.38. The van der Waals surface area contributed by atoms with Gasteiger partial charge in [0.2, 0.25) is 0 Å². The third-order valence-corrected chi connectivity index (χ3v) is 4.55. The summed E-state index contributed by atoms with van der Waals surface area (Å²) in [4.78, 5) is 27.9. The number of hydrogen-bond donors (Lipinski definition) is 1. The van der Waals surface area contributed by atoms with Crippen LogP contribution in [-0.2, 0) is 16.0 Å². The van der Waals surface area contributed by atoms with Crippen molar-refractivity contribution in [2.24, 2.45) is 0 Å². The fraction of sp³-hybridized carbons (Fsp3) is 0.222. The monoisotopic (exact) mass is 403 g/mol. The Hall–Kier alpha value is -3.40. The van der Waals surface area contributed by atoms with Crippen molar-refractivity contribution in [1.29, 1.82) is 0 Å². The number of hydrogen-bond acceptors (Lipinski definition) is 9. The summed E-state index contributed by atoms with van der Waals surface area (Å²) >= 11 is 1.19. The molecule has 0 radical (unpaired) electrons. The van der Waals surface area contributed by atoms with Crippen LogP contribution in [0.1, 0.15) is 16.2 Å². The topological polar surface area (TPSA) is 113 Å². The molecule has 146 valence electrons. The van der Waals surface area contributed by atoms with E-state index in [1.54, 1.807) is 30.7 Å². The quantitative estimate of drug-likeness (QED) is 0.599. The van der Waals surface area contributed by atoms with Gasteiger partial charge in [0.1, 0.15) is 11.5 Å². The number of nitrogens with zero attached hydrogens (tertiary/aromatic N) is 2. The van der Waals surface area contributed by atoms with Gasteiger partial charge in [-0.1, -0.05) is 5.16 Å². The van der Waals surface area contributed by atoms with Gasteiger partial charge in [0.05, 0.1) is 39.0 Å². The predicted octanol–water partition coefficient (Wildman–Crippen LogP) is 2.78. The van der Waals surface area contributed by atoms with E-state index in [0.717, 1.165) is 0 Å². The number of aromatic nitrogens is 2. The first-order valence-electron chi connectivity index (χ1n) is 8.05. The Bertz CT molecular complexity index is 997. The Kier molecular flexibility index (Phi) is 5.90. The molecule has 0 aliphatic carbocycles. The van der Waals surface area contributed by atoms with Gasteiger partial charge in [-0.2, -0.15) is 0 Å². The molecule has 0 fully saturated rings. The first kappa shape index (κ1) is 19.4. The van der Waals surface area contributed by atoms with Crippen molar-refractivity contribution in [3.05, 3.63) is 41.0 Å². The molecule has 1 amide bonds. The molecule has 0 unspecified atom stereocenters. The molecule has 2 heterocycles. The number of nitrogens with one attached hydrogen (secondary N) is 1. The van der Waals surface area contributed by atoms with Gasteiger partial charge >= 0.3 is 5.97 Å². The second kappa shape index (κ2) is 8.53. The molecule has 0 atom stereocenters. The van der Waals surface area contributed by atoms with E-state index in [1.807, 2.05) is 0 Å². The number of esters is 1. The summed E-state index contributed by atoms with van der Waals surface area (Å²) in [6.07, 6.45) is 0.0343. The lowest BCUT2D eigenvalue weighted by Gasteiger charge is -2.07. The maximum atomic E-state index is 12.4. The third kappa shape index (κ3) is 4.29. The summed E-state index contributed by atoms with van der Waals surface area (Å²) in [6.45, 7) is 0. The van der Waals surface area contributed by atoms with Crippen LogP contribution in [0.2, 0.25) is 0 Å². The third-order valence-electron chi connectivity index (χ3n) is 3.74. The van der Waals surface area contributed by atoms with Gasteiger partial charge in [-0.05, 0) is 18.2 Å². The molecule has 9 nitrogen and oxygen atoms in total. The van der Waals surface area contributed by atoms with Crippen molar-refractivity contribution in [3.8, 4) is 22.8 Å². The Morgan fingerprint density at radius 3 is 2.71 bits per heavy atom. The van der Waals surface area contributed by atoms with Gasteiger partial charge in [-0.25, -0.2) is 4.98 Å². The van der Waals surface area contributed by atoms with Crippen molar-refractivity contribution in [2.45, 2.75) is 6.42 Å². The summed E-state index contributed by atoms with van der Waals surface area (Å²) in [5, 5.41) is 8.44. The lowest BCUT2D eigenvalue weighted by Crippen LogP contribution is -2.12. The first-order valence-corrected chi connectivity index (χ1v) is 8.93. The molecule has 1 aromatic carbocycles. The van der Waals surface area contributed by atoms with E-state index < -0.39 is 11.9 Å². The smallest absolute Gasteiger partial charge is 0.311 e. The molecule has 1 N–H and O–H groups in total. The molecule has 0 spiro atoms. The normalized spacial score (nSPS) is 10.4. The van der Waals surface area contributed by atoms with Gasteiger partial charge in [0.15, 0.2) is 16.6 Å². The summed E-state index contributed by atoms with van der Waals surface area (Å²) in [5.41, 5.74) is 1.18. The van der Waals surface area contributed by atoms with Crippen LogP contribution < -0.4 is 14.8 Å². The Morgan fingerprint density at radius 2 is 2.00 bits per heavy atom. The zero-order chi connectivity index (χ0) is 20.1. The maximum Gasteiger partial charge on any atom is 0.311 e. The highest BCUT2D eigenvalue weighted by atomic mass is 32.1. The number of ether oxygens (including phenoxy) is 3. The number of carbonyl (C=O) groups excluding carboxylic acids is 2. The van der Waals surface area contributed by atoms with Crippen molar-refractivity contribution in [2.75, 3.05) is 26.6 Å². The SMILES string of the molecule is COC(=O)Cc1csc(NC(=O)c2cc(-c3cc(OC)ccc3OC)on2)n1. The molecular formula is C18H17N3O6S. The van der Waals surface area contributed by atoms with Crippen LogP contribution in [0.25, 0.3) is 11.3 Å². The zero-order valence-electron chi connectivity index (χ0n) is 15.3. The van der Waals surface area contributed by atoms with Crippen LogP contribution in [0, 0.1) is 0 Å². The molecule has 0 saturated heterocycles. The van der Waals surface area contributed by atoms with Gasteiger partial charge in [-0.15, -0.1) is 11.3 Å². The molecular weight excluding hydrogens is 386 g/mol. The fourth-order valence-electron chi connectivity index (χ4n) is 2.34. The summed E-state index contributed by atoms with van der Waals surface area (Å²) in [6, 6.07) is 6.70. The summed E-state index contributed by atoms with van der Waals surface area (Å²) in [5.74, 6) is 0.620. The van der Waals surface area contributed by atoms with Gasteiger partial charge in [0.25, 0.3) is 5.91 Å². The van der Waals surface area contributed by atoms with Crippen molar-refractivity contribution in [1.82, 2.24) is 10.1 Å². The summed E-state index contributed by atoms with van der Waals surface area (Å²) < 4.78 is 20.4. The Labute approximate surface area is 164 Å². The molecule has 3 aromatic rings. The largest absolute Gasteiger partial charge is 0.497 e. The number of anilines is 1.